The largest absolute Gasteiger partial charge is 0.598 e. The standard InChI is InChI=1S/C19H24N4O3S/c1-5-6-17(22-27(26)19(2,3)4)18-11-13(9-10-21-18)15-8-7-14(23(24)25)12-16(15)20/h5,7-12,17,22H,1,6,20H2,2-4H3/t17?,27-/m0/s1. The van der Waals surface area contributed by atoms with Crippen molar-refractivity contribution >= 4 is 22.7 Å². The molecule has 1 aromatic carbocycles. The Morgan fingerprint density at radius 1 is 1.37 bits per heavy atom. The molecule has 2 aromatic rings. The number of aromatic nitrogens is 1. The molecular weight excluding hydrogens is 364 g/mol. The Morgan fingerprint density at radius 3 is 2.63 bits per heavy atom. The molecule has 7 nitrogen and oxygen atoms in total. The first-order valence-electron chi connectivity index (χ1n) is 8.42. The van der Waals surface area contributed by atoms with Crippen LogP contribution in [-0.2, 0) is 11.4 Å². The monoisotopic (exact) mass is 388 g/mol. The molecule has 0 aliphatic heterocycles. The van der Waals surface area contributed by atoms with Gasteiger partial charge in [-0.3, -0.25) is 15.1 Å². The molecule has 0 amide bonds. The Kier molecular flexibility index (Phi) is 6.59. The molecule has 0 fully saturated rings. The van der Waals surface area contributed by atoms with Gasteiger partial charge in [0.2, 0.25) is 0 Å². The Bertz CT molecular complexity index is 836. The first kappa shape index (κ1) is 20.9. The van der Waals surface area contributed by atoms with Crippen LogP contribution in [0.5, 0.6) is 0 Å². The maximum atomic E-state index is 12.5. The lowest BCUT2D eigenvalue weighted by molar-refractivity contribution is -0.384. The number of nitrogen functional groups attached to an aromatic ring is 1. The van der Waals surface area contributed by atoms with Crippen LogP contribution >= 0.6 is 0 Å². The van der Waals surface area contributed by atoms with Crippen molar-refractivity contribution in [2.24, 2.45) is 0 Å². The average Bonchev–Trinajstić information content (AvgIpc) is 2.60. The van der Waals surface area contributed by atoms with Crippen molar-refractivity contribution in [1.82, 2.24) is 9.71 Å². The van der Waals surface area contributed by atoms with E-state index in [0.29, 0.717) is 23.4 Å². The summed E-state index contributed by atoms with van der Waals surface area (Å²) in [6, 6.07) is 7.73. The van der Waals surface area contributed by atoms with Gasteiger partial charge in [0.15, 0.2) is 0 Å². The van der Waals surface area contributed by atoms with Gasteiger partial charge in [-0.05, 0) is 51.0 Å². The summed E-state index contributed by atoms with van der Waals surface area (Å²) in [5.74, 6) is 0. The summed E-state index contributed by atoms with van der Waals surface area (Å²) in [7, 11) is 0. The molecule has 0 saturated heterocycles. The molecule has 0 saturated carbocycles. The Labute approximate surface area is 162 Å². The van der Waals surface area contributed by atoms with Gasteiger partial charge in [0.05, 0.1) is 16.7 Å². The molecule has 2 rings (SSSR count). The second-order valence-electron chi connectivity index (χ2n) is 7.07. The molecule has 144 valence electrons. The fourth-order valence-electron chi connectivity index (χ4n) is 2.43. The second kappa shape index (κ2) is 8.51. The van der Waals surface area contributed by atoms with Crippen molar-refractivity contribution in [3.63, 3.8) is 0 Å². The van der Waals surface area contributed by atoms with Crippen LogP contribution in [0.25, 0.3) is 11.1 Å². The van der Waals surface area contributed by atoms with E-state index in [0.717, 1.165) is 5.56 Å². The molecule has 27 heavy (non-hydrogen) atoms. The predicted octanol–water partition coefficient (Wildman–Crippen LogP) is 3.91. The van der Waals surface area contributed by atoms with Gasteiger partial charge in [0.25, 0.3) is 5.69 Å². The summed E-state index contributed by atoms with van der Waals surface area (Å²) >= 11 is -1.27. The topological polar surface area (TPSA) is 117 Å². The molecule has 0 spiro atoms. The van der Waals surface area contributed by atoms with Gasteiger partial charge < -0.3 is 10.3 Å². The summed E-state index contributed by atoms with van der Waals surface area (Å²) in [6.07, 6.45) is 3.93. The van der Waals surface area contributed by atoms with Gasteiger partial charge in [-0.25, -0.2) is 0 Å². The fourth-order valence-corrected chi connectivity index (χ4v) is 3.26. The molecule has 3 N–H and O–H groups in total. The maximum absolute atomic E-state index is 12.5. The number of nitro benzene ring substituents is 1. The van der Waals surface area contributed by atoms with Crippen LogP contribution in [0.4, 0.5) is 11.4 Å². The molecular formula is C19H24N4O3S. The van der Waals surface area contributed by atoms with E-state index in [1.807, 2.05) is 26.8 Å². The quantitative estimate of drug-likeness (QED) is 0.244. The lowest BCUT2D eigenvalue weighted by Crippen LogP contribution is -2.41. The van der Waals surface area contributed by atoms with Crippen LogP contribution in [0, 0.1) is 10.1 Å². The van der Waals surface area contributed by atoms with Crippen LogP contribution < -0.4 is 10.5 Å². The van der Waals surface area contributed by atoms with Crippen molar-refractivity contribution in [3.8, 4) is 11.1 Å². The van der Waals surface area contributed by atoms with Crippen molar-refractivity contribution < 1.29 is 9.48 Å². The molecule has 2 atom stereocenters. The van der Waals surface area contributed by atoms with Gasteiger partial charge in [0.1, 0.15) is 4.75 Å². The molecule has 0 radical (unpaired) electrons. The molecule has 8 heteroatoms. The van der Waals surface area contributed by atoms with E-state index in [9.17, 15) is 14.7 Å². The minimum Gasteiger partial charge on any atom is -0.598 e. The number of non-ortho nitro benzene ring substituents is 1. The van der Waals surface area contributed by atoms with E-state index in [1.54, 1.807) is 24.4 Å². The zero-order valence-electron chi connectivity index (χ0n) is 15.6. The fraction of sp³-hybridized carbons (Fsp3) is 0.316. The number of anilines is 1. The van der Waals surface area contributed by atoms with E-state index in [2.05, 4.69) is 16.3 Å². The smallest absolute Gasteiger partial charge is 0.271 e. The SMILES string of the molecule is C=CCC(N[S@@+]([O-])C(C)(C)C)c1cc(-c2ccc([N+](=O)[O-])cc2N)ccn1. The van der Waals surface area contributed by atoms with E-state index in [4.69, 9.17) is 5.73 Å². The van der Waals surface area contributed by atoms with Gasteiger partial charge in [-0.1, -0.05) is 6.08 Å². The van der Waals surface area contributed by atoms with Crippen molar-refractivity contribution in [2.45, 2.75) is 38.0 Å². The number of nitrogens with two attached hydrogens (primary N) is 1. The zero-order chi connectivity index (χ0) is 20.2. The molecule has 1 unspecified atom stereocenters. The average molecular weight is 388 g/mol. The van der Waals surface area contributed by atoms with Gasteiger partial charge in [0, 0.05) is 40.9 Å². The highest BCUT2D eigenvalue weighted by molar-refractivity contribution is 7.90. The Morgan fingerprint density at radius 2 is 2.07 bits per heavy atom. The molecule has 0 bridgehead atoms. The number of nitro groups is 1. The Balaban J connectivity index is 2.37. The maximum Gasteiger partial charge on any atom is 0.271 e. The van der Waals surface area contributed by atoms with E-state index in [-0.39, 0.29) is 11.7 Å². The number of nitrogens with zero attached hydrogens (tertiary/aromatic N) is 2. The zero-order valence-corrected chi connectivity index (χ0v) is 16.5. The summed E-state index contributed by atoms with van der Waals surface area (Å²) in [5.41, 5.74) is 8.42. The third-order valence-electron chi connectivity index (χ3n) is 3.90. The first-order valence-corrected chi connectivity index (χ1v) is 9.57. The van der Waals surface area contributed by atoms with Crippen molar-refractivity contribution in [2.75, 3.05) is 5.73 Å². The van der Waals surface area contributed by atoms with Crippen molar-refractivity contribution in [1.29, 1.82) is 0 Å². The van der Waals surface area contributed by atoms with Crippen LogP contribution in [0.2, 0.25) is 0 Å². The molecule has 0 aliphatic rings. The lowest BCUT2D eigenvalue weighted by atomic mass is 10.0. The highest BCUT2D eigenvalue weighted by atomic mass is 32.2. The number of nitrogens with one attached hydrogen (secondary N) is 1. The second-order valence-corrected chi connectivity index (χ2v) is 9.07. The number of hydrogen-bond acceptors (Lipinski definition) is 6. The molecule has 1 aromatic heterocycles. The van der Waals surface area contributed by atoms with Crippen LogP contribution in [0.1, 0.15) is 38.9 Å². The van der Waals surface area contributed by atoms with Crippen LogP contribution in [0.3, 0.4) is 0 Å². The summed E-state index contributed by atoms with van der Waals surface area (Å²) in [4.78, 5) is 14.8. The molecule has 1 heterocycles. The number of pyridine rings is 1. The minimum atomic E-state index is -1.27. The lowest BCUT2D eigenvalue weighted by Gasteiger charge is -2.27. The van der Waals surface area contributed by atoms with E-state index >= 15 is 0 Å². The van der Waals surface area contributed by atoms with Gasteiger partial charge in [-0.2, -0.15) is 0 Å². The predicted molar refractivity (Wildman–Crippen MR) is 109 cm³/mol. The summed E-state index contributed by atoms with van der Waals surface area (Å²) in [5, 5.41) is 10.9. The van der Waals surface area contributed by atoms with E-state index in [1.165, 1.54) is 12.1 Å². The third kappa shape index (κ3) is 5.29. The van der Waals surface area contributed by atoms with Crippen LogP contribution in [0.15, 0.2) is 49.2 Å². The summed E-state index contributed by atoms with van der Waals surface area (Å²) < 4.78 is 15.2. The Hall–Kier alpha value is -2.42. The van der Waals surface area contributed by atoms with E-state index < -0.39 is 21.0 Å². The number of hydrogen-bond donors (Lipinski definition) is 2. The molecule has 0 aliphatic carbocycles. The van der Waals surface area contributed by atoms with Gasteiger partial charge >= 0.3 is 0 Å². The first-order chi connectivity index (χ1) is 12.6. The minimum absolute atomic E-state index is 0.0581. The van der Waals surface area contributed by atoms with Crippen molar-refractivity contribution in [3.05, 3.63) is 65.0 Å². The van der Waals surface area contributed by atoms with Crippen LogP contribution in [-0.4, -0.2) is 19.2 Å². The number of benzene rings is 1. The summed E-state index contributed by atoms with van der Waals surface area (Å²) in [6.45, 7) is 9.44. The highest BCUT2D eigenvalue weighted by Gasteiger charge is 2.30. The van der Waals surface area contributed by atoms with Gasteiger partial charge in [-0.15, -0.1) is 11.3 Å². The third-order valence-corrected chi connectivity index (χ3v) is 5.51. The number of rotatable bonds is 7. The normalized spacial score (nSPS) is 13.8. The highest BCUT2D eigenvalue weighted by Crippen LogP contribution is 2.31.